The van der Waals surface area contributed by atoms with Crippen LogP contribution in [0, 0.1) is 24.4 Å². The molecule has 0 aliphatic carbocycles. The normalized spacial score (nSPS) is 10.9. The number of anilines is 1. The Kier molecular flexibility index (Phi) is 8.66. The molecule has 3 rings (SSSR count). The summed E-state index contributed by atoms with van der Waals surface area (Å²) in [5.74, 6) is -5.29. The first kappa shape index (κ1) is 25.2. The maximum Gasteiger partial charge on any atom is 0.243 e. The van der Waals surface area contributed by atoms with Crippen molar-refractivity contribution in [1.29, 1.82) is 0 Å². The Balaban J connectivity index is 1.58. The van der Waals surface area contributed by atoms with Gasteiger partial charge in [-0.25, -0.2) is 13.2 Å². The molecule has 3 aromatic rings. The summed E-state index contributed by atoms with van der Waals surface area (Å²) in [6.07, 6.45) is 0. The van der Waals surface area contributed by atoms with Gasteiger partial charge in [0.1, 0.15) is 0 Å². The number of ether oxygens (including phenoxy) is 1. The van der Waals surface area contributed by atoms with Crippen molar-refractivity contribution in [2.75, 3.05) is 31.3 Å². The van der Waals surface area contributed by atoms with E-state index in [-0.39, 0.29) is 5.75 Å². The second-order valence-electron chi connectivity index (χ2n) is 7.16. The maximum atomic E-state index is 13.7. The Bertz CT molecular complexity index is 1190. The average Bonchev–Trinajstić information content (AvgIpc) is 3.23. The van der Waals surface area contributed by atoms with Crippen LogP contribution in [0.3, 0.4) is 0 Å². The second kappa shape index (κ2) is 11.7. The molecule has 1 heterocycles. The third-order valence-electron chi connectivity index (χ3n) is 4.60. The van der Waals surface area contributed by atoms with Gasteiger partial charge in [-0.15, -0.1) is 10.2 Å². The van der Waals surface area contributed by atoms with E-state index in [1.54, 1.807) is 7.11 Å². The minimum atomic E-state index is -1.69. The van der Waals surface area contributed by atoms with Gasteiger partial charge in [-0.1, -0.05) is 35.5 Å². The van der Waals surface area contributed by atoms with Crippen molar-refractivity contribution in [3.05, 3.63) is 59.4 Å². The lowest BCUT2D eigenvalue weighted by molar-refractivity contribution is -0.122. The lowest BCUT2D eigenvalue weighted by atomic mass is 10.1. The number of rotatable bonds is 10. The van der Waals surface area contributed by atoms with Crippen LogP contribution in [0.1, 0.15) is 5.56 Å². The number of thioether (sulfide) groups is 1. The van der Waals surface area contributed by atoms with Crippen LogP contribution in [0.5, 0.6) is 0 Å². The van der Waals surface area contributed by atoms with E-state index in [1.165, 1.54) is 0 Å². The second-order valence-corrected chi connectivity index (χ2v) is 8.10. The predicted octanol–water partition coefficient (Wildman–Crippen LogP) is 3.16. The number of amides is 2. The van der Waals surface area contributed by atoms with Crippen LogP contribution in [0.25, 0.3) is 11.4 Å². The third-order valence-corrected chi connectivity index (χ3v) is 5.57. The van der Waals surface area contributed by atoms with Crippen molar-refractivity contribution >= 4 is 29.3 Å². The number of benzene rings is 2. The minimum Gasteiger partial charge on any atom is -0.383 e. The van der Waals surface area contributed by atoms with E-state index < -0.39 is 41.5 Å². The van der Waals surface area contributed by atoms with Gasteiger partial charge in [0.25, 0.3) is 0 Å². The highest BCUT2D eigenvalue weighted by Crippen LogP contribution is 2.24. The standard InChI is InChI=1S/C22H22F3N5O3S/c1-13-4-3-5-14(10-13)21-28-29-22(30(21)8-9-33-2)34-12-18(32)26-11-17(31)27-16-7-6-15(23)19(24)20(16)25/h3-7,10H,8-9,11-12H2,1-2H3,(H,26,32)(H,27,31). The zero-order chi connectivity index (χ0) is 24.7. The van der Waals surface area contributed by atoms with Gasteiger partial charge in [-0.05, 0) is 25.1 Å². The topological polar surface area (TPSA) is 98.1 Å². The van der Waals surface area contributed by atoms with Gasteiger partial charge in [0.2, 0.25) is 11.8 Å². The molecule has 2 amide bonds. The zero-order valence-corrected chi connectivity index (χ0v) is 19.2. The SMILES string of the molecule is COCCn1c(SCC(=O)NCC(=O)Nc2ccc(F)c(F)c2F)nnc1-c1cccc(C)c1. The van der Waals surface area contributed by atoms with Crippen molar-refractivity contribution in [3.8, 4) is 11.4 Å². The summed E-state index contributed by atoms with van der Waals surface area (Å²) in [6.45, 7) is 2.37. The molecular weight excluding hydrogens is 471 g/mol. The Labute approximate surface area is 197 Å². The van der Waals surface area contributed by atoms with Crippen LogP contribution in [-0.2, 0) is 20.9 Å². The predicted molar refractivity (Wildman–Crippen MR) is 121 cm³/mol. The van der Waals surface area contributed by atoms with E-state index >= 15 is 0 Å². The first-order valence-corrected chi connectivity index (χ1v) is 11.1. The Morgan fingerprint density at radius 3 is 2.62 bits per heavy atom. The molecule has 0 saturated heterocycles. The Morgan fingerprint density at radius 2 is 1.88 bits per heavy atom. The van der Waals surface area contributed by atoms with E-state index in [9.17, 15) is 22.8 Å². The molecule has 180 valence electrons. The number of carbonyl (C=O) groups excluding carboxylic acids is 2. The molecule has 34 heavy (non-hydrogen) atoms. The molecule has 0 bridgehead atoms. The summed E-state index contributed by atoms with van der Waals surface area (Å²) in [6, 6.07) is 9.35. The first-order valence-electron chi connectivity index (χ1n) is 10.1. The molecule has 2 aromatic carbocycles. The number of aromatic nitrogens is 3. The first-order chi connectivity index (χ1) is 16.3. The molecule has 0 atom stereocenters. The number of nitrogens with one attached hydrogen (secondary N) is 2. The quantitative estimate of drug-likeness (QED) is 0.333. The molecule has 2 N–H and O–H groups in total. The van der Waals surface area contributed by atoms with Crippen LogP contribution in [0.4, 0.5) is 18.9 Å². The van der Waals surface area contributed by atoms with Gasteiger partial charge in [0.05, 0.1) is 31.1 Å². The fourth-order valence-corrected chi connectivity index (χ4v) is 3.75. The van der Waals surface area contributed by atoms with Crippen LogP contribution >= 0.6 is 11.8 Å². The fraction of sp³-hybridized carbons (Fsp3) is 0.273. The van der Waals surface area contributed by atoms with Gasteiger partial charge >= 0.3 is 0 Å². The van der Waals surface area contributed by atoms with Gasteiger partial charge < -0.3 is 15.4 Å². The Hall–Kier alpha value is -3.38. The summed E-state index contributed by atoms with van der Waals surface area (Å²) in [5.41, 5.74) is 1.41. The number of methoxy groups -OCH3 is 1. The highest BCUT2D eigenvalue weighted by Gasteiger charge is 2.18. The number of hydrogen-bond acceptors (Lipinski definition) is 6. The van der Waals surface area contributed by atoms with Crippen LogP contribution < -0.4 is 10.6 Å². The van der Waals surface area contributed by atoms with E-state index in [0.717, 1.165) is 29.0 Å². The van der Waals surface area contributed by atoms with Gasteiger partial charge in [0.15, 0.2) is 28.4 Å². The van der Waals surface area contributed by atoms with Crippen LogP contribution in [0.2, 0.25) is 0 Å². The van der Waals surface area contributed by atoms with Gasteiger partial charge in [0, 0.05) is 12.7 Å². The monoisotopic (exact) mass is 493 g/mol. The maximum absolute atomic E-state index is 13.7. The number of aryl methyl sites for hydroxylation is 1. The van der Waals surface area contributed by atoms with Crippen molar-refractivity contribution in [1.82, 2.24) is 20.1 Å². The molecule has 0 fully saturated rings. The summed E-state index contributed by atoms with van der Waals surface area (Å²) in [7, 11) is 1.58. The van der Waals surface area contributed by atoms with Crippen molar-refractivity contribution < 1.29 is 27.5 Å². The van der Waals surface area contributed by atoms with E-state index in [2.05, 4.69) is 20.8 Å². The van der Waals surface area contributed by atoms with E-state index in [4.69, 9.17) is 4.74 Å². The summed E-state index contributed by atoms with van der Waals surface area (Å²) < 4.78 is 46.9. The molecule has 0 radical (unpaired) electrons. The van der Waals surface area contributed by atoms with Gasteiger partial charge in [-0.3, -0.25) is 14.2 Å². The molecule has 1 aromatic heterocycles. The zero-order valence-electron chi connectivity index (χ0n) is 18.4. The number of nitrogens with zero attached hydrogens (tertiary/aromatic N) is 3. The highest BCUT2D eigenvalue weighted by atomic mass is 32.2. The van der Waals surface area contributed by atoms with Crippen LogP contribution in [-0.4, -0.2) is 52.6 Å². The summed E-state index contributed by atoms with van der Waals surface area (Å²) >= 11 is 1.13. The molecule has 12 heteroatoms. The van der Waals surface area contributed by atoms with Crippen LogP contribution in [0.15, 0.2) is 41.6 Å². The molecule has 0 spiro atoms. The third kappa shape index (κ3) is 6.35. The van der Waals surface area contributed by atoms with Crippen molar-refractivity contribution in [2.45, 2.75) is 18.6 Å². The minimum absolute atomic E-state index is 0.0637. The van der Waals surface area contributed by atoms with E-state index in [1.807, 2.05) is 35.8 Å². The largest absolute Gasteiger partial charge is 0.383 e. The molecule has 0 aliphatic heterocycles. The number of carbonyl (C=O) groups is 2. The van der Waals surface area contributed by atoms with E-state index in [0.29, 0.717) is 30.2 Å². The lowest BCUT2D eigenvalue weighted by Crippen LogP contribution is -2.34. The number of hydrogen-bond donors (Lipinski definition) is 2. The fourth-order valence-electron chi connectivity index (χ4n) is 2.95. The molecule has 0 unspecified atom stereocenters. The summed E-state index contributed by atoms with van der Waals surface area (Å²) in [4.78, 5) is 24.2. The highest BCUT2D eigenvalue weighted by molar-refractivity contribution is 7.99. The molecule has 0 aliphatic rings. The van der Waals surface area contributed by atoms with Crippen molar-refractivity contribution in [3.63, 3.8) is 0 Å². The number of halogens is 3. The molecular formula is C22H22F3N5O3S. The lowest BCUT2D eigenvalue weighted by Gasteiger charge is -2.10. The van der Waals surface area contributed by atoms with Crippen molar-refractivity contribution in [2.24, 2.45) is 0 Å². The molecule has 8 nitrogen and oxygen atoms in total. The van der Waals surface area contributed by atoms with Gasteiger partial charge in [-0.2, -0.15) is 0 Å². The molecule has 0 saturated carbocycles. The smallest absolute Gasteiger partial charge is 0.243 e. The average molecular weight is 494 g/mol. The summed E-state index contributed by atoms with van der Waals surface area (Å²) in [5, 5.41) is 13.4. The Morgan fingerprint density at radius 1 is 1.09 bits per heavy atom.